The Kier molecular flexibility index (Phi) is 4.59. The number of carbonyl (C=O) groups excluding carboxylic acids is 1. The Morgan fingerprint density at radius 2 is 2.04 bits per heavy atom. The summed E-state index contributed by atoms with van der Waals surface area (Å²) >= 11 is 0. The fraction of sp³-hybridized carbons (Fsp3) is 0.400. The lowest BCUT2D eigenvalue weighted by Crippen LogP contribution is -2.30. The number of aromatic hydroxyl groups is 1. The lowest BCUT2D eigenvalue weighted by molar-refractivity contribution is 0.0936. The lowest BCUT2D eigenvalue weighted by atomic mass is 10.0. The van der Waals surface area contributed by atoms with Crippen LogP contribution in [-0.4, -0.2) is 46.5 Å². The van der Waals surface area contributed by atoms with Crippen LogP contribution in [0.15, 0.2) is 42.7 Å². The van der Waals surface area contributed by atoms with E-state index in [4.69, 9.17) is 4.74 Å². The van der Waals surface area contributed by atoms with E-state index in [0.717, 1.165) is 37.7 Å². The van der Waals surface area contributed by atoms with E-state index in [1.165, 1.54) is 12.1 Å². The average molecular weight is 356 g/mol. The molecule has 2 fully saturated rings. The summed E-state index contributed by atoms with van der Waals surface area (Å²) in [6.07, 6.45) is 5.63. The third-order valence-electron chi connectivity index (χ3n) is 5.36. The van der Waals surface area contributed by atoms with Crippen molar-refractivity contribution in [1.29, 1.82) is 0 Å². The predicted molar refractivity (Wildman–Crippen MR) is 93.7 cm³/mol. The van der Waals surface area contributed by atoms with Crippen molar-refractivity contribution < 1.29 is 19.0 Å². The van der Waals surface area contributed by atoms with Crippen LogP contribution in [0.4, 0.5) is 4.39 Å². The summed E-state index contributed by atoms with van der Waals surface area (Å²) in [4.78, 5) is 18.6. The van der Waals surface area contributed by atoms with Gasteiger partial charge in [-0.25, -0.2) is 4.39 Å². The number of Topliss-reactive ketones (excluding diaryl/α,β-unsaturated/α-hetero) is 1. The highest BCUT2D eigenvalue weighted by Gasteiger charge is 2.42. The third-order valence-corrected chi connectivity index (χ3v) is 5.36. The summed E-state index contributed by atoms with van der Waals surface area (Å²) in [6.45, 7) is 2.01. The molecule has 4 rings (SSSR count). The van der Waals surface area contributed by atoms with Gasteiger partial charge in [0, 0.05) is 24.8 Å². The Labute approximate surface area is 151 Å². The fourth-order valence-corrected chi connectivity index (χ4v) is 4.15. The second-order valence-corrected chi connectivity index (χ2v) is 7.20. The minimum absolute atomic E-state index is 0.118. The minimum atomic E-state index is -0.760. The van der Waals surface area contributed by atoms with E-state index in [-0.39, 0.29) is 18.4 Å². The Hall–Kier alpha value is -2.47. The molecular weight excluding hydrogens is 335 g/mol. The van der Waals surface area contributed by atoms with Gasteiger partial charge in [-0.15, -0.1) is 0 Å². The number of phenols is 1. The van der Waals surface area contributed by atoms with Crippen LogP contribution in [0.25, 0.3) is 0 Å². The highest BCUT2D eigenvalue weighted by Crippen LogP contribution is 2.39. The second-order valence-electron chi connectivity index (χ2n) is 7.20. The number of nitrogens with zero attached hydrogens (tertiary/aromatic N) is 2. The van der Waals surface area contributed by atoms with E-state index in [1.54, 1.807) is 12.4 Å². The van der Waals surface area contributed by atoms with E-state index in [0.29, 0.717) is 17.4 Å². The summed E-state index contributed by atoms with van der Waals surface area (Å²) in [5, 5.41) is 9.24. The molecule has 1 aliphatic heterocycles. The number of carbonyl (C=O) groups is 1. The molecule has 2 aromatic rings. The smallest absolute Gasteiger partial charge is 0.176 e. The minimum Gasteiger partial charge on any atom is -0.505 e. The van der Waals surface area contributed by atoms with E-state index in [2.05, 4.69) is 9.88 Å². The van der Waals surface area contributed by atoms with Gasteiger partial charge in [-0.3, -0.25) is 14.7 Å². The van der Waals surface area contributed by atoms with Crippen molar-refractivity contribution in [2.45, 2.75) is 18.9 Å². The highest BCUT2D eigenvalue weighted by molar-refractivity contribution is 5.97. The van der Waals surface area contributed by atoms with Crippen molar-refractivity contribution in [1.82, 2.24) is 9.88 Å². The number of halogens is 1. The highest BCUT2D eigenvalue weighted by atomic mass is 19.1. The number of phenolic OH excluding ortho intramolecular Hbond substituents is 1. The first kappa shape index (κ1) is 17.0. The molecule has 0 bridgehead atoms. The summed E-state index contributed by atoms with van der Waals surface area (Å²) in [5.41, 5.74) is 0.301. The molecule has 2 heterocycles. The average Bonchev–Trinajstić information content (AvgIpc) is 3.16. The van der Waals surface area contributed by atoms with Gasteiger partial charge in [-0.1, -0.05) is 0 Å². The van der Waals surface area contributed by atoms with Crippen LogP contribution in [0.1, 0.15) is 23.2 Å². The van der Waals surface area contributed by atoms with Gasteiger partial charge in [0.1, 0.15) is 5.75 Å². The SMILES string of the molecule is O=C(CN1C[C@H]2CC(Oc3cccnc3)C[C@H]2C1)c1ccc(O)c(F)c1. The Morgan fingerprint density at radius 1 is 1.27 bits per heavy atom. The molecule has 136 valence electrons. The molecule has 6 heteroatoms. The number of pyridine rings is 1. The van der Waals surface area contributed by atoms with Crippen molar-refractivity contribution >= 4 is 5.78 Å². The lowest BCUT2D eigenvalue weighted by Gasteiger charge is -2.19. The molecule has 2 aliphatic rings. The van der Waals surface area contributed by atoms with Crippen molar-refractivity contribution in [2.24, 2.45) is 11.8 Å². The standard InChI is InChI=1S/C20H21FN2O3/c21-18-8-13(3-4-19(18)24)20(25)12-23-10-14-6-17(7-15(14)11-23)26-16-2-1-5-22-9-16/h1-5,8-9,14-15,17,24H,6-7,10-12H2/t14-,15+,17?. The van der Waals surface area contributed by atoms with E-state index in [1.807, 2.05) is 12.1 Å². The van der Waals surface area contributed by atoms with Gasteiger partial charge < -0.3 is 9.84 Å². The van der Waals surface area contributed by atoms with Crippen LogP contribution in [0.3, 0.4) is 0 Å². The molecule has 1 aromatic carbocycles. The van der Waals surface area contributed by atoms with Crippen LogP contribution < -0.4 is 4.74 Å². The van der Waals surface area contributed by atoms with Crippen LogP contribution in [0.2, 0.25) is 0 Å². The molecule has 1 aliphatic carbocycles. The molecule has 1 saturated heterocycles. The van der Waals surface area contributed by atoms with Gasteiger partial charge in [-0.2, -0.15) is 0 Å². The van der Waals surface area contributed by atoms with Gasteiger partial charge in [0.15, 0.2) is 17.3 Å². The summed E-state index contributed by atoms with van der Waals surface area (Å²) < 4.78 is 19.4. The summed E-state index contributed by atoms with van der Waals surface area (Å²) in [7, 11) is 0. The zero-order valence-electron chi connectivity index (χ0n) is 14.3. The molecule has 0 amide bonds. The first-order valence-corrected chi connectivity index (χ1v) is 8.89. The first-order valence-electron chi connectivity index (χ1n) is 8.89. The zero-order chi connectivity index (χ0) is 18.1. The summed E-state index contributed by atoms with van der Waals surface area (Å²) in [5.74, 6) is 0.550. The Bertz CT molecular complexity index is 785. The van der Waals surface area contributed by atoms with Crippen molar-refractivity contribution in [3.05, 3.63) is 54.1 Å². The molecule has 3 atom stereocenters. The maximum Gasteiger partial charge on any atom is 0.176 e. The molecule has 26 heavy (non-hydrogen) atoms. The van der Waals surface area contributed by atoms with Crippen molar-refractivity contribution in [3.63, 3.8) is 0 Å². The molecule has 5 nitrogen and oxygen atoms in total. The van der Waals surface area contributed by atoms with Gasteiger partial charge >= 0.3 is 0 Å². The third kappa shape index (κ3) is 3.55. The summed E-state index contributed by atoms with van der Waals surface area (Å²) in [6, 6.07) is 7.58. The van der Waals surface area contributed by atoms with Gasteiger partial charge in [0.25, 0.3) is 0 Å². The number of hydrogen-bond acceptors (Lipinski definition) is 5. The molecule has 1 N–H and O–H groups in total. The monoisotopic (exact) mass is 356 g/mol. The molecule has 1 unspecified atom stereocenters. The topological polar surface area (TPSA) is 62.7 Å². The number of fused-ring (bicyclic) bond motifs is 1. The quantitative estimate of drug-likeness (QED) is 0.835. The Morgan fingerprint density at radius 3 is 2.69 bits per heavy atom. The van der Waals surface area contributed by atoms with Crippen LogP contribution in [0, 0.1) is 17.7 Å². The second kappa shape index (κ2) is 7.03. The zero-order valence-corrected chi connectivity index (χ0v) is 14.3. The van der Waals surface area contributed by atoms with Crippen LogP contribution in [0.5, 0.6) is 11.5 Å². The molecule has 0 radical (unpaired) electrons. The van der Waals surface area contributed by atoms with Gasteiger partial charge in [0.2, 0.25) is 0 Å². The number of ether oxygens (including phenoxy) is 1. The fourth-order valence-electron chi connectivity index (χ4n) is 4.15. The predicted octanol–water partition coefficient (Wildman–Crippen LogP) is 2.90. The van der Waals surface area contributed by atoms with E-state index >= 15 is 0 Å². The molecule has 1 aromatic heterocycles. The molecule has 1 saturated carbocycles. The maximum atomic E-state index is 13.4. The van der Waals surface area contributed by atoms with Gasteiger partial charge in [-0.05, 0) is 55.0 Å². The van der Waals surface area contributed by atoms with Gasteiger partial charge in [0.05, 0.1) is 18.8 Å². The largest absolute Gasteiger partial charge is 0.505 e. The van der Waals surface area contributed by atoms with Crippen LogP contribution >= 0.6 is 0 Å². The first-order chi connectivity index (χ1) is 12.6. The molecular formula is C20H21FN2O3. The normalized spacial score (nSPS) is 25.2. The molecule has 0 spiro atoms. The number of aromatic nitrogens is 1. The number of ketones is 1. The Balaban J connectivity index is 1.30. The maximum absolute atomic E-state index is 13.4. The van der Waals surface area contributed by atoms with Crippen LogP contribution in [-0.2, 0) is 0 Å². The van der Waals surface area contributed by atoms with E-state index in [9.17, 15) is 14.3 Å². The van der Waals surface area contributed by atoms with Crippen molar-refractivity contribution in [3.8, 4) is 11.5 Å². The van der Waals surface area contributed by atoms with E-state index < -0.39 is 11.6 Å². The number of likely N-dealkylation sites (tertiary alicyclic amines) is 1. The number of rotatable bonds is 5. The number of benzene rings is 1. The number of hydrogen-bond donors (Lipinski definition) is 1. The van der Waals surface area contributed by atoms with Crippen molar-refractivity contribution in [2.75, 3.05) is 19.6 Å².